The number of nitrogens with zero attached hydrogens (tertiary/aromatic N) is 3. The average molecular weight is 358 g/mol. The summed E-state index contributed by atoms with van der Waals surface area (Å²) in [6.45, 7) is 5.23. The Morgan fingerprint density at radius 1 is 1.48 bits per heavy atom. The van der Waals surface area contributed by atoms with Crippen molar-refractivity contribution in [2.75, 3.05) is 19.7 Å². The number of aromatic nitrogens is 2. The number of hydrogen-bond donors (Lipinski definition) is 0. The summed E-state index contributed by atoms with van der Waals surface area (Å²) < 4.78 is 7.53. The fourth-order valence-electron chi connectivity index (χ4n) is 2.50. The maximum atomic E-state index is 12.4. The molecule has 7 heteroatoms. The number of halogens is 1. The Morgan fingerprint density at radius 2 is 2.14 bits per heavy atom. The van der Waals surface area contributed by atoms with Crippen LogP contribution in [0.4, 0.5) is 0 Å². The standard InChI is InChI=1S/C14H20BrN3O3/c1-3-21-14(20)11-4-6-17(7-5-11)13(19)10(2)18-9-12(15)8-16-18/h8-11H,3-7H2,1-2H3/t10-/m1/s1. The van der Waals surface area contributed by atoms with E-state index in [2.05, 4.69) is 21.0 Å². The molecule has 0 radical (unpaired) electrons. The molecule has 1 aromatic rings. The molecule has 2 heterocycles. The van der Waals surface area contributed by atoms with Gasteiger partial charge in [0.15, 0.2) is 0 Å². The first-order valence-electron chi connectivity index (χ1n) is 7.18. The van der Waals surface area contributed by atoms with Gasteiger partial charge in [0.2, 0.25) is 5.91 Å². The van der Waals surface area contributed by atoms with Crippen molar-refractivity contribution in [2.24, 2.45) is 5.92 Å². The van der Waals surface area contributed by atoms with Gasteiger partial charge in [0.25, 0.3) is 0 Å². The first-order chi connectivity index (χ1) is 10.0. The van der Waals surface area contributed by atoms with Gasteiger partial charge in [0.1, 0.15) is 6.04 Å². The minimum absolute atomic E-state index is 0.0351. The maximum Gasteiger partial charge on any atom is 0.309 e. The molecule has 0 bridgehead atoms. The highest BCUT2D eigenvalue weighted by atomic mass is 79.9. The van der Waals surface area contributed by atoms with Gasteiger partial charge in [-0.3, -0.25) is 14.3 Å². The van der Waals surface area contributed by atoms with Gasteiger partial charge in [-0.15, -0.1) is 0 Å². The number of carbonyl (C=O) groups excluding carboxylic acids is 2. The largest absolute Gasteiger partial charge is 0.466 e. The van der Waals surface area contributed by atoms with Crippen LogP contribution in [-0.2, 0) is 14.3 Å². The van der Waals surface area contributed by atoms with Crippen molar-refractivity contribution in [1.82, 2.24) is 14.7 Å². The van der Waals surface area contributed by atoms with Gasteiger partial charge in [0.05, 0.1) is 23.2 Å². The van der Waals surface area contributed by atoms with Crippen LogP contribution in [0.3, 0.4) is 0 Å². The number of esters is 1. The zero-order chi connectivity index (χ0) is 15.4. The molecule has 0 aliphatic carbocycles. The van der Waals surface area contributed by atoms with Crippen LogP contribution >= 0.6 is 15.9 Å². The third-order valence-corrected chi connectivity index (χ3v) is 4.16. The van der Waals surface area contributed by atoms with Crippen molar-refractivity contribution >= 4 is 27.8 Å². The molecule has 1 aliphatic rings. The highest BCUT2D eigenvalue weighted by Crippen LogP contribution is 2.21. The van der Waals surface area contributed by atoms with Crippen molar-refractivity contribution in [3.05, 3.63) is 16.9 Å². The average Bonchev–Trinajstić information content (AvgIpc) is 2.92. The molecule has 2 rings (SSSR count). The number of piperidine rings is 1. The summed E-state index contributed by atoms with van der Waals surface area (Å²) in [5, 5.41) is 4.15. The Balaban J connectivity index is 1.89. The molecule has 6 nitrogen and oxygen atoms in total. The fourth-order valence-corrected chi connectivity index (χ4v) is 2.80. The lowest BCUT2D eigenvalue weighted by Gasteiger charge is -2.32. The molecule has 1 saturated heterocycles. The quantitative estimate of drug-likeness (QED) is 0.773. The highest BCUT2D eigenvalue weighted by molar-refractivity contribution is 9.10. The summed E-state index contributed by atoms with van der Waals surface area (Å²) in [6.07, 6.45) is 4.78. The predicted octanol–water partition coefficient (Wildman–Crippen LogP) is 2.01. The van der Waals surface area contributed by atoms with Crippen LogP contribution in [0, 0.1) is 5.92 Å². The number of likely N-dealkylation sites (tertiary alicyclic amines) is 1. The van der Waals surface area contributed by atoms with Crippen molar-refractivity contribution in [3.63, 3.8) is 0 Å². The first-order valence-corrected chi connectivity index (χ1v) is 7.97. The van der Waals surface area contributed by atoms with E-state index in [9.17, 15) is 9.59 Å². The smallest absolute Gasteiger partial charge is 0.309 e. The normalized spacial score (nSPS) is 17.6. The van der Waals surface area contributed by atoms with Gasteiger partial charge in [-0.05, 0) is 42.6 Å². The van der Waals surface area contributed by atoms with E-state index in [0.717, 1.165) is 4.47 Å². The molecule has 21 heavy (non-hydrogen) atoms. The second-order valence-electron chi connectivity index (χ2n) is 5.17. The van der Waals surface area contributed by atoms with E-state index < -0.39 is 0 Å². The molecule has 1 atom stereocenters. The fraction of sp³-hybridized carbons (Fsp3) is 0.643. The molecular formula is C14H20BrN3O3. The number of hydrogen-bond acceptors (Lipinski definition) is 4. The van der Waals surface area contributed by atoms with E-state index in [1.807, 2.05) is 6.92 Å². The summed E-state index contributed by atoms with van der Waals surface area (Å²) in [6, 6.07) is -0.338. The number of rotatable bonds is 4. The van der Waals surface area contributed by atoms with E-state index in [-0.39, 0.29) is 23.8 Å². The number of ether oxygens (including phenoxy) is 1. The van der Waals surface area contributed by atoms with E-state index in [1.54, 1.807) is 28.9 Å². The third kappa shape index (κ3) is 3.84. The molecule has 116 valence electrons. The lowest BCUT2D eigenvalue weighted by molar-refractivity contribution is -0.151. The lowest BCUT2D eigenvalue weighted by Crippen LogP contribution is -2.43. The molecular weight excluding hydrogens is 338 g/mol. The second-order valence-corrected chi connectivity index (χ2v) is 6.08. The molecule has 1 aliphatic heterocycles. The summed E-state index contributed by atoms with van der Waals surface area (Å²) in [5.74, 6) is -0.190. The highest BCUT2D eigenvalue weighted by Gasteiger charge is 2.30. The van der Waals surface area contributed by atoms with Gasteiger partial charge in [0, 0.05) is 19.3 Å². The molecule has 0 spiro atoms. The minimum atomic E-state index is -0.338. The molecule has 0 N–H and O–H groups in total. The van der Waals surface area contributed by atoms with E-state index in [0.29, 0.717) is 32.5 Å². The molecule has 1 amide bonds. The van der Waals surface area contributed by atoms with Crippen molar-refractivity contribution in [2.45, 2.75) is 32.7 Å². The van der Waals surface area contributed by atoms with Crippen molar-refractivity contribution in [1.29, 1.82) is 0 Å². The number of carbonyl (C=O) groups is 2. The summed E-state index contributed by atoms with van der Waals surface area (Å²) in [7, 11) is 0. The Bertz CT molecular complexity index is 509. The Kier molecular flexibility index (Phi) is 5.39. The van der Waals surface area contributed by atoms with Gasteiger partial charge < -0.3 is 9.64 Å². The maximum absolute atomic E-state index is 12.4. The van der Waals surface area contributed by atoms with E-state index >= 15 is 0 Å². The number of amides is 1. The third-order valence-electron chi connectivity index (χ3n) is 3.75. The minimum Gasteiger partial charge on any atom is -0.466 e. The lowest BCUT2D eigenvalue weighted by atomic mass is 9.96. The van der Waals surface area contributed by atoms with Crippen molar-refractivity contribution in [3.8, 4) is 0 Å². The summed E-state index contributed by atoms with van der Waals surface area (Å²) >= 11 is 3.32. The van der Waals surface area contributed by atoms with E-state index in [1.165, 1.54) is 0 Å². The summed E-state index contributed by atoms with van der Waals surface area (Å²) in [5.41, 5.74) is 0. The molecule has 0 aromatic carbocycles. The Labute approximate surface area is 132 Å². The Morgan fingerprint density at radius 3 is 2.67 bits per heavy atom. The monoisotopic (exact) mass is 357 g/mol. The van der Waals surface area contributed by atoms with Gasteiger partial charge in [-0.2, -0.15) is 5.10 Å². The van der Waals surface area contributed by atoms with Crippen LogP contribution in [0.15, 0.2) is 16.9 Å². The van der Waals surface area contributed by atoms with Crippen LogP contribution in [0.25, 0.3) is 0 Å². The SMILES string of the molecule is CCOC(=O)C1CCN(C(=O)[C@@H](C)n2cc(Br)cn2)CC1. The van der Waals surface area contributed by atoms with Gasteiger partial charge in [-0.1, -0.05) is 0 Å². The van der Waals surface area contributed by atoms with E-state index in [4.69, 9.17) is 4.74 Å². The van der Waals surface area contributed by atoms with Crippen LogP contribution in [-0.4, -0.2) is 46.3 Å². The van der Waals surface area contributed by atoms with Gasteiger partial charge in [-0.25, -0.2) is 0 Å². The molecule has 0 unspecified atom stereocenters. The summed E-state index contributed by atoms with van der Waals surface area (Å²) in [4.78, 5) is 25.9. The Hall–Kier alpha value is -1.37. The molecule has 1 aromatic heterocycles. The zero-order valence-corrected chi connectivity index (χ0v) is 13.9. The van der Waals surface area contributed by atoms with Crippen LogP contribution in [0.2, 0.25) is 0 Å². The van der Waals surface area contributed by atoms with Crippen molar-refractivity contribution < 1.29 is 14.3 Å². The predicted molar refractivity (Wildman–Crippen MR) is 80.6 cm³/mol. The van der Waals surface area contributed by atoms with Crippen LogP contribution in [0.5, 0.6) is 0 Å². The topological polar surface area (TPSA) is 64.4 Å². The zero-order valence-electron chi connectivity index (χ0n) is 12.3. The van der Waals surface area contributed by atoms with Crippen LogP contribution < -0.4 is 0 Å². The first kappa shape index (κ1) is 16.0. The van der Waals surface area contributed by atoms with Crippen LogP contribution in [0.1, 0.15) is 32.7 Å². The molecule has 1 fully saturated rings. The van der Waals surface area contributed by atoms with Gasteiger partial charge >= 0.3 is 5.97 Å². The second kappa shape index (κ2) is 7.06. The molecule has 0 saturated carbocycles.